The van der Waals surface area contributed by atoms with E-state index in [4.69, 9.17) is 0 Å². The van der Waals surface area contributed by atoms with Crippen molar-refractivity contribution in [1.29, 1.82) is 0 Å². The predicted octanol–water partition coefficient (Wildman–Crippen LogP) is 3.75. The lowest BCUT2D eigenvalue weighted by Crippen LogP contribution is -2.15. The molecule has 0 unspecified atom stereocenters. The van der Waals surface area contributed by atoms with Crippen molar-refractivity contribution in [2.75, 3.05) is 4.72 Å². The summed E-state index contributed by atoms with van der Waals surface area (Å²) in [5.41, 5.74) is -0.975. The van der Waals surface area contributed by atoms with Crippen LogP contribution in [0.15, 0.2) is 58.4 Å². The van der Waals surface area contributed by atoms with E-state index in [0.29, 0.717) is 0 Å². The SMILES string of the molecule is O=S(=O)(Nc1cc(C(F)(F)F)ccc1-n1cccn1)c1cccs1. The number of hydrogen-bond donors (Lipinski definition) is 1. The minimum atomic E-state index is -4.59. The number of nitrogens with zero attached hydrogens (tertiary/aromatic N) is 2. The molecule has 0 saturated heterocycles. The number of nitrogens with one attached hydrogen (secondary N) is 1. The van der Waals surface area contributed by atoms with Crippen LogP contribution in [-0.2, 0) is 16.2 Å². The minimum Gasteiger partial charge on any atom is -0.277 e. The summed E-state index contributed by atoms with van der Waals surface area (Å²) >= 11 is 0.967. The first-order valence-electron chi connectivity index (χ1n) is 6.55. The fraction of sp³-hybridized carbons (Fsp3) is 0.0714. The maximum absolute atomic E-state index is 13.0. The van der Waals surface area contributed by atoms with Gasteiger partial charge in [0.15, 0.2) is 0 Å². The van der Waals surface area contributed by atoms with Gasteiger partial charge < -0.3 is 0 Å². The standard InChI is InChI=1S/C14H10F3N3O2S2/c15-14(16,17)10-4-5-12(20-7-2-6-18-20)11(9-10)19-24(21,22)13-3-1-8-23-13/h1-9,19H. The third kappa shape index (κ3) is 3.29. The summed E-state index contributed by atoms with van der Waals surface area (Å²) in [5, 5.41) is 5.50. The first-order chi connectivity index (χ1) is 11.3. The normalized spacial score (nSPS) is 12.3. The van der Waals surface area contributed by atoms with Gasteiger partial charge in [-0.05, 0) is 35.7 Å². The fourth-order valence-electron chi connectivity index (χ4n) is 2.02. The van der Waals surface area contributed by atoms with E-state index in [1.54, 1.807) is 17.5 Å². The average Bonchev–Trinajstić information content (AvgIpc) is 3.20. The Morgan fingerprint density at radius 3 is 2.54 bits per heavy atom. The number of anilines is 1. The van der Waals surface area contributed by atoms with E-state index in [1.165, 1.54) is 29.2 Å². The second kappa shape index (κ2) is 5.95. The Morgan fingerprint density at radius 1 is 1.17 bits per heavy atom. The van der Waals surface area contributed by atoms with Gasteiger partial charge >= 0.3 is 6.18 Å². The van der Waals surface area contributed by atoms with Crippen LogP contribution in [0.3, 0.4) is 0 Å². The maximum Gasteiger partial charge on any atom is 0.416 e. The highest BCUT2D eigenvalue weighted by Gasteiger charge is 2.32. The number of rotatable bonds is 4. The summed E-state index contributed by atoms with van der Waals surface area (Å²) in [4.78, 5) is 0. The van der Waals surface area contributed by atoms with Crippen molar-refractivity contribution in [3.05, 3.63) is 59.7 Å². The second-order valence-electron chi connectivity index (χ2n) is 4.72. The van der Waals surface area contributed by atoms with E-state index in [-0.39, 0.29) is 15.6 Å². The number of sulfonamides is 1. The predicted molar refractivity (Wildman–Crippen MR) is 83.7 cm³/mol. The van der Waals surface area contributed by atoms with E-state index in [9.17, 15) is 21.6 Å². The highest BCUT2D eigenvalue weighted by Crippen LogP contribution is 2.34. The van der Waals surface area contributed by atoms with Gasteiger partial charge in [0, 0.05) is 12.4 Å². The quantitative estimate of drug-likeness (QED) is 0.758. The molecule has 24 heavy (non-hydrogen) atoms. The molecule has 5 nitrogen and oxygen atoms in total. The van der Waals surface area contributed by atoms with Gasteiger partial charge in [0.1, 0.15) is 4.21 Å². The van der Waals surface area contributed by atoms with Gasteiger partial charge in [0.2, 0.25) is 0 Å². The Labute approximate surface area is 139 Å². The molecule has 3 aromatic rings. The van der Waals surface area contributed by atoms with Gasteiger partial charge in [-0.1, -0.05) is 6.07 Å². The molecule has 3 rings (SSSR count). The lowest BCUT2D eigenvalue weighted by molar-refractivity contribution is -0.137. The fourth-order valence-corrected chi connectivity index (χ4v) is 4.07. The van der Waals surface area contributed by atoms with Crippen molar-refractivity contribution in [2.24, 2.45) is 0 Å². The van der Waals surface area contributed by atoms with Crippen molar-refractivity contribution in [1.82, 2.24) is 9.78 Å². The topological polar surface area (TPSA) is 64.0 Å². The van der Waals surface area contributed by atoms with Crippen LogP contribution in [0, 0.1) is 0 Å². The van der Waals surface area contributed by atoms with E-state index >= 15 is 0 Å². The number of benzene rings is 1. The van der Waals surface area contributed by atoms with Crippen LogP contribution in [-0.4, -0.2) is 18.2 Å². The summed E-state index contributed by atoms with van der Waals surface area (Å²) in [5.74, 6) is 0. The zero-order chi connectivity index (χ0) is 17.4. The maximum atomic E-state index is 13.0. The van der Waals surface area contributed by atoms with Crippen LogP contribution in [0.5, 0.6) is 0 Å². The lowest BCUT2D eigenvalue weighted by Gasteiger charge is -2.15. The van der Waals surface area contributed by atoms with Crippen molar-refractivity contribution in [3.63, 3.8) is 0 Å². The van der Waals surface area contributed by atoms with Crippen molar-refractivity contribution >= 4 is 27.0 Å². The monoisotopic (exact) mass is 373 g/mol. The molecule has 2 heterocycles. The van der Waals surface area contributed by atoms with E-state index in [2.05, 4.69) is 9.82 Å². The van der Waals surface area contributed by atoms with Crippen molar-refractivity contribution in [2.45, 2.75) is 10.4 Å². The first-order valence-corrected chi connectivity index (χ1v) is 8.91. The number of alkyl halides is 3. The van der Waals surface area contributed by atoms with Crippen LogP contribution in [0.4, 0.5) is 18.9 Å². The Bertz CT molecular complexity index is 934. The zero-order valence-electron chi connectivity index (χ0n) is 11.9. The molecule has 0 aliphatic carbocycles. The van der Waals surface area contributed by atoms with E-state index < -0.39 is 21.8 Å². The molecule has 0 saturated carbocycles. The molecule has 0 fully saturated rings. The van der Waals surface area contributed by atoms with Gasteiger partial charge in [-0.2, -0.15) is 18.3 Å². The minimum absolute atomic E-state index is 0.00586. The van der Waals surface area contributed by atoms with Crippen LogP contribution < -0.4 is 4.72 Å². The van der Waals surface area contributed by atoms with Gasteiger partial charge in [-0.15, -0.1) is 11.3 Å². The summed E-state index contributed by atoms with van der Waals surface area (Å²) in [6, 6.07) is 7.29. The molecular weight excluding hydrogens is 363 g/mol. The third-order valence-electron chi connectivity index (χ3n) is 3.08. The second-order valence-corrected chi connectivity index (χ2v) is 7.57. The highest BCUT2D eigenvalue weighted by atomic mass is 32.2. The molecule has 1 aromatic carbocycles. The van der Waals surface area contributed by atoms with Crippen LogP contribution in [0.1, 0.15) is 5.56 Å². The van der Waals surface area contributed by atoms with Gasteiger partial charge in [0.25, 0.3) is 10.0 Å². The molecular formula is C14H10F3N3O2S2. The summed E-state index contributed by atoms with van der Waals surface area (Å²) < 4.78 is 67.0. The zero-order valence-corrected chi connectivity index (χ0v) is 13.5. The summed E-state index contributed by atoms with van der Waals surface area (Å²) in [7, 11) is -3.99. The molecule has 0 spiro atoms. The molecule has 126 valence electrons. The molecule has 0 amide bonds. The Morgan fingerprint density at radius 2 is 1.96 bits per heavy atom. The molecule has 0 aliphatic rings. The van der Waals surface area contributed by atoms with Crippen LogP contribution >= 0.6 is 11.3 Å². The highest BCUT2D eigenvalue weighted by molar-refractivity contribution is 7.94. The Hall–Kier alpha value is -2.33. The molecule has 0 bridgehead atoms. The molecule has 2 aromatic heterocycles. The van der Waals surface area contributed by atoms with Crippen LogP contribution in [0.2, 0.25) is 0 Å². The summed E-state index contributed by atoms with van der Waals surface area (Å²) in [6.07, 6.45) is -1.65. The molecule has 10 heteroatoms. The van der Waals surface area contributed by atoms with Crippen LogP contribution in [0.25, 0.3) is 5.69 Å². The molecule has 0 radical (unpaired) electrons. The molecule has 0 aliphatic heterocycles. The smallest absolute Gasteiger partial charge is 0.277 e. The lowest BCUT2D eigenvalue weighted by atomic mass is 10.1. The average molecular weight is 373 g/mol. The van der Waals surface area contributed by atoms with E-state index in [1.807, 2.05) is 0 Å². The molecule has 0 atom stereocenters. The molecule has 1 N–H and O–H groups in total. The largest absolute Gasteiger partial charge is 0.416 e. The first kappa shape index (κ1) is 16.5. The number of thiophene rings is 1. The van der Waals surface area contributed by atoms with Crippen molar-refractivity contribution in [3.8, 4) is 5.69 Å². The third-order valence-corrected chi connectivity index (χ3v) is 5.84. The van der Waals surface area contributed by atoms with Gasteiger partial charge in [-0.25, -0.2) is 13.1 Å². The Balaban J connectivity index is 2.10. The van der Waals surface area contributed by atoms with Gasteiger partial charge in [0.05, 0.1) is 16.9 Å². The Kier molecular flexibility index (Phi) is 4.10. The number of halogens is 3. The van der Waals surface area contributed by atoms with Gasteiger partial charge in [-0.3, -0.25) is 4.72 Å². The number of aromatic nitrogens is 2. The van der Waals surface area contributed by atoms with E-state index in [0.717, 1.165) is 23.5 Å². The van der Waals surface area contributed by atoms with Crippen molar-refractivity contribution < 1.29 is 21.6 Å². The summed E-state index contributed by atoms with van der Waals surface area (Å²) in [6.45, 7) is 0. The number of hydrogen-bond acceptors (Lipinski definition) is 4.